The Morgan fingerprint density at radius 1 is 1.12 bits per heavy atom. The molecule has 2 aromatic carbocycles. The molecule has 2 aliphatic heterocycles. The van der Waals surface area contributed by atoms with Gasteiger partial charge < -0.3 is 4.74 Å². The minimum atomic E-state index is -0.405. The molecule has 0 saturated heterocycles. The van der Waals surface area contributed by atoms with Gasteiger partial charge in [0, 0.05) is 5.56 Å². The first-order valence-corrected chi connectivity index (χ1v) is 8.22. The Bertz CT molecular complexity index is 879. The number of nitrogens with zero attached hydrogens (tertiary/aromatic N) is 2. The lowest BCUT2D eigenvalue weighted by Crippen LogP contribution is -2.37. The fourth-order valence-corrected chi connectivity index (χ4v) is 3.13. The van der Waals surface area contributed by atoms with Crippen LogP contribution in [0.15, 0.2) is 52.4 Å². The molecule has 24 heavy (non-hydrogen) atoms. The van der Waals surface area contributed by atoms with Crippen molar-refractivity contribution in [2.24, 2.45) is 15.9 Å². The van der Waals surface area contributed by atoms with Gasteiger partial charge in [0.05, 0.1) is 0 Å². The molecule has 2 aliphatic rings. The van der Waals surface area contributed by atoms with Crippen LogP contribution in [0.5, 0.6) is 5.75 Å². The van der Waals surface area contributed by atoms with Crippen molar-refractivity contribution < 1.29 is 9.53 Å². The summed E-state index contributed by atoms with van der Waals surface area (Å²) in [6, 6.07) is 14.0. The molecule has 0 aromatic heterocycles. The average Bonchev–Trinajstić information content (AvgIpc) is 2.61. The third kappa shape index (κ3) is 2.44. The highest BCUT2D eigenvalue weighted by Gasteiger charge is 2.36. The maximum atomic E-state index is 12.5. The Morgan fingerprint density at radius 3 is 2.67 bits per heavy atom. The van der Waals surface area contributed by atoms with Crippen LogP contribution in [-0.4, -0.2) is 17.6 Å². The molecule has 0 spiro atoms. The molecule has 120 valence electrons. The van der Waals surface area contributed by atoms with Gasteiger partial charge in [0.25, 0.3) is 5.91 Å². The van der Waals surface area contributed by atoms with E-state index in [0.29, 0.717) is 18.2 Å². The lowest BCUT2D eigenvalue weighted by atomic mass is 9.92. The molecule has 0 N–H and O–H groups in total. The summed E-state index contributed by atoms with van der Waals surface area (Å²) in [5.74, 6) is 1.14. The molecule has 2 heterocycles. The number of amides is 1. The summed E-state index contributed by atoms with van der Waals surface area (Å²) in [7, 11) is 0. The molecule has 0 bridgehead atoms. The number of para-hydroxylation sites is 1. The Balaban J connectivity index is 1.71. The van der Waals surface area contributed by atoms with Gasteiger partial charge in [-0.1, -0.05) is 49.4 Å². The van der Waals surface area contributed by atoms with E-state index >= 15 is 0 Å². The number of amidine groups is 1. The van der Waals surface area contributed by atoms with Gasteiger partial charge in [-0.3, -0.25) is 4.79 Å². The fourth-order valence-electron chi connectivity index (χ4n) is 3.13. The standard InChI is InChI=1S/C20H18N2O2/c1-3-13-7-9-14(10-8-13)18-21-19(23)16-11-15-6-4-5-12(2)17(15)24-20(16)22-18/h4-10,16H,3,11H2,1-2H3. The largest absolute Gasteiger partial charge is 0.441 e. The summed E-state index contributed by atoms with van der Waals surface area (Å²) in [6.07, 6.45) is 1.57. The highest BCUT2D eigenvalue weighted by atomic mass is 16.5. The number of carbonyl (C=O) groups excluding carboxylic acids is 1. The van der Waals surface area contributed by atoms with Crippen LogP contribution in [0.1, 0.15) is 29.2 Å². The molecule has 4 nitrogen and oxygen atoms in total. The van der Waals surface area contributed by atoms with Crippen LogP contribution >= 0.6 is 0 Å². The zero-order valence-electron chi connectivity index (χ0n) is 13.7. The highest BCUT2D eigenvalue weighted by molar-refractivity contribution is 6.19. The summed E-state index contributed by atoms with van der Waals surface area (Å²) >= 11 is 0. The minimum Gasteiger partial charge on any atom is -0.441 e. The molecule has 0 saturated carbocycles. The first kappa shape index (κ1) is 14.8. The summed E-state index contributed by atoms with van der Waals surface area (Å²) in [4.78, 5) is 21.2. The first-order chi connectivity index (χ1) is 11.7. The van der Waals surface area contributed by atoms with Crippen molar-refractivity contribution >= 4 is 17.6 Å². The van der Waals surface area contributed by atoms with Gasteiger partial charge in [-0.2, -0.15) is 9.98 Å². The van der Waals surface area contributed by atoms with Crippen LogP contribution < -0.4 is 4.74 Å². The smallest absolute Gasteiger partial charge is 0.260 e. The monoisotopic (exact) mass is 318 g/mol. The number of hydrogen-bond donors (Lipinski definition) is 0. The lowest BCUT2D eigenvalue weighted by Gasteiger charge is -2.27. The van der Waals surface area contributed by atoms with E-state index in [1.165, 1.54) is 5.56 Å². The van der Waals surface area contributed by atoms with E-state index in [0.717, 1.165) is 28.9 Å². The van der Waals surface area contributed by atoms with Gasteiger partial charge in [-0.15, -0.1) is 0 Å². The second-order valence-corrected chi connectivity index (χ2v) is 6.20. The molecule has 1 unspecified atom stereocenters. The van der Waals surface area contributed by atoms with Gasteiger partial charge >= 0.3 is 0 Å². The zero-order valence-corrected chi connectivity index (χ0v) is 13.7. The third-order valence-corrected chi connectivity index (χ3v) is 4.57. The van der Waals surface area contributed by atoms with E-state index in [2.05, 4.69) is 16.9 Å². The van der Waals surface area contributed by atoms with Gasteiger partial charge in [-0.25, -0.2) is 0 Å². The number of ether oxygens (including phenoxy) is 1. The van der Waals surface area contributed by atoms with Crippen molar-refractivity contribution in [1.29, 1.82) is 0 Å². The number of aliphatic imine (C=N–C) groups is 2. The van der Waals surface area contributed by atoms with Crippen LogP contribution in [0.3, 0.4) is 0 Å². The molecule has 2 aromatic rings. The van der Waals surface area contributed by atoms with Crippen LogP contribution in [0.2, 0.25) is 0 Å². The molecule has 4 rings (SSSR count). The lowest BCUT2D eigenvalue weighted by molar-refractivity contribution is -0.120. The van der Waals surface area contributed by atoms with Gasteiger partial charge in [-0.05, 0) is 36.5 Å². The van der Waals surface area contributed by atoms with E-state index in [4.69, 9.17) is 4.74 Å². The first-order valence-electron chi connectivity index (χ1n) is 8.22. The van der Waals surface area contributed by atoms with Crippen molar-refractivity contribution in [2.75, 3.05) is 0 Å². The Morgan fingerprint density at radius 2 is 1.92 bits per heavy atom. The molecule has 4 heteroatoms. The topological polar surface area (TPSA) is 51.0 Å². The maximum Gasteiger partial charge on any atom is 0.260 e. The van der Waals surface area contributed by atoms with E-state index in [9.17, 15) is 4.79 Å². The molecule has 1 atom stereocenters. The highest BCUT2D eigenvalue weighted by Crippen LogP contribution is 2.33. The van der Waals surface area contributed by atoms with Crippen molar-refractivity contribution in [2.45, 2.75) is 26.7 Å². The van der Waals surface area contributed by atoms with E-state index < -0.39 is 5.92 Å². The molecular weight excluding hydrogens is 300 g/mol. The quantitative estimate of drug-likeness (QED) is 0.851. The normalized spacial score (nSPS) is 18.9. The number of hydrogen-bond acceptors (Lipinski definition) is 3. The Hall–Kier alpha value is -2.75. The second-order valence-electron chi connectivity index (χ2n) is 6.20. The summed E-state index contributed by atoms with van der Waals surface area (Å²) in [5.41, 5.74) is 4.17. The zero-order chi connectivity index (χ0) is 16.7. The molecule has 1 amide bonds. The number of rotatable bonds is 2. The summed E-state index contributed by atoms with van der Waals surface area (Å²) in [6.45, 7) is 4.11. The maximum absolute atomic E-state index is 12.5. The van der Waals surface area contributed by atoms with Crippen molar-refractivity contribution in [3.8, 4) is 5.75 Å². The van der Waals surface area contributed by atoms with E-state index in [1.807, 2.05) is 49.4 Å². The van der Waals surface area contributed by atoms with Gasteiger partial charge in [0.1, 0.15) is 11.7 Å². The minimum absolute atomic E-state index is 0.179. The Kier molecular flexibility index (Phi) is 3.53. The van der Waals surface area contributed by atoms with Crippen molar-refractivity contribution in [3.05, 3.63) is 64.7 Å². The van der Waals surface area contributed by atoms with Crippen molar-refractivity contribution in [1.82, 2.24) is 0 Å². The van der Waals surface area contributed by atoms with Crippen LogP contribution in [0.4, 0.5) is 0 Å². The predicted octanol–water partition coefficient (Wildman–Crippen LogP) is 3.49. The van der Waals surface area contributed by atoms with E-state index in [1.54, 1.807) is 0 Å². The van der Waals surface area contributed by atoms with Crippen molar-refractivity contribution in [3.63, 3.8) is 0 Å². The number of benzene rings is 2. The molecular formula is C20H18N2O2. The number of fused-ring (bicyclic) bond motifs is 2. The fraction of sp³-hybridized carbons (Fsp3) is 0.250. The SMILES string of the molecule is CCc1ccc(C2=NC(=O)C3Cc4cccc(C)c4OC3=N2)cc1. The summed E-state index contributed by atoms with van der Waals surface area (Å²) in [5, 5.41) is 0. The van der Waals surface area contributed by atoms with Gasteiger partial charge in [0.2, 0.25) is 5.90 Å². The van der Waals surface area contributed by atoms with Crippen LogP contribution in [0.25, 0.3) is 0 Å². The molecule has 0 fully saturated rings. The molecule has 0 aliphatic carbocycles. The number of aryl methyl sites for hydroxylation is 2. The number of carbonyl (C=O) groups is 1. The van der Waals surface area contributed by atoms with E-state index in [-0.39, 0.29) is 5.91 Å². The third-order valence-electron chi connectivity index (χ3n) is 4.57. The molecule has 0 radical (unpaired) electrons. The average molecular weight is 318 g/mol. The van der Waals surface area contributed by atoms with Crippen LogP contribution in [0, 0.1) is 12.8 Å². The Labute approximate surface area is 140 Å². The second kappa shape index (κ2) is 5.71. The van der Waals surface area contributed by atoms with Crippen LogP contribution in [-0.2, 0) is 17.6 Å². The summed E-state index contributed by atoms with van der Waals surface area (Å²) < 4.78 is 5.98. The predicted molar refractivity (Wildman–Crippen MR) is 93.8 cm³/mol. The van der Waals surface area contributed by atoms with Gasteiger partial charge in [0.15, 0.2) is 5.84 Å².